The van der Waals surface area contributed by atoms with E-state index in [1.165, 1.54) is 20.2 Å². The summed E-state index contributed by atoms with van der Waals surface area (Å²) in [5, 5.41) is 11.3. The molecular weight excluding hydrogens is 360 g/mol. The highest BCUT2D eigenvalue weighted by molar-refractivity contribution is 9.10. The van der Waals surface area contributed by atoms with Crippen LogP contribution in [0.4, 0.5) is 0 Å². The largest absolute Gasteiger partial charge is 0.480 e. The average Bonchev–Trinajstić information content (AvgIpc) is 2.88. The summed E-state index contributed by atoms with van der Waals surface area (Å²) in [6, 6.07) is 1.97. The van der Waals surface area contributed by atoms with Crippen LogP contribution in [0.5, 0.6) is 0 Å². The van der Waals surface area contributed by atoms with E-state index in [4.69, 9.17) is 14.3 Å². The number of methoxy groups -OCH3 is 1. The fraction of sp³-hybridized carbons (Fsp3) is 0.462. The number of likely N-dealkylation sites (N-methyl/N-ethyl adjacent to an activating group) is 1. The summed E-state index contributed by atoms with van der Waals surface area (Å²) >= 11 is 3.08. The smallest absolute Gasteiger partial charge is 0.326 e. The van der Waals surface area contributed by atoms with Gasteiger partial charge in [-0.2, -0.15) is 0 Å². The quantitative estimate of drug-likeness (QED) is 0.691. The van der Waals surface area contributed by atoms with Gasteiger partial charge in [-0.3, -0.25) is 9.59 Å². The third kappa shape index (κ3) is 5.49. The zero-order valence-electron chi connectivity index (χ0n) is 12.2. The number of rotatable bonds is 8. The Bertz CT molecular complexity index is 544. The van der Waals surface area contributed by atoms with Crippen LogP contribution < -0.4 is 5.32 Å². The molecule has 1 aromatic heterocycles. The minimum atomic E-state index is -1.16. The molecule has 0 saturated heterocycles. The molecule has 0 bridgehead atoms. The van der Waals surface area contributed by atoms with Gasteiger partial charge >= 0.3 is 5.97 Å². The molecule has 0 saturated carbocycles. The van der Waals surface area contributed by atoms with Gasteiger partial charge in [-0.05, 0) is 28.1 Å². The number of hydrogen-bond acceptors (Lipinski definition) is 5. The lowest BCUT2D eigenvalue weighted by Gasteiger charge is -2.18. The zero-order chi connectivity index (χ0) is 16.7. The molecule has 2 amide bonds. The molecule has 22 heavy (non-hydrogen) atoms. The van der Waals surface area contributed by atoms with Crippen molar-refractivity contribution < 1.29 is 28.6 Å². The molecule has 2 N–H and O–H groups in total. The highest BCUT2D eigenvalue weighted by atomic mass is 79.9. The molecule has 1 heterocycles. The van der Waals surface area contributed by atoms with Crippen LogP contribution in [-0.4, -0.2) is 61.1 Å². The average molecular weight is 377 g/mol. The molecule has 8 nitrogen and oxygen atoms in total. The van der Waals surface area contributed by atoms with Gasteiger partial charge in [0.25, 0.3) is 5.91 Å². The zero-order valence-corrected chi connectivity index (χ0v) is 13.8. The van der Waals surface area contributed by atoms with Crippen molar-refractivity contribution in [1.29, 1.82) is 0 Å². The number of amides is 2. The predicted molar refractivity (Wildman–Crippen MR) is 79.4 cm³/mol. The lowest BCUT2D eigenvalue weighted by Crippen LogP contribution is -2.46. The van der Waals surface area contributed by atoms with Crippen molar-refractivity contribution in [3.05, 3.63) is 22.6 Å². The molecule has 1 unspecified atom stereocenters. The Morgan fingerprint density at radius 3 is 2.64 bits per heavy atom. The molecule has 1 atom stereocenters. The van der Waals surface area contributed by atoms with Crippen LogP contribution in [0.3, 0.4) is 0 Å². The fourth-order valence-corrected chi connectivity index (χ4v) is 1.94. The Balaban J connectivity index is 2.55. The van der Waals surface area contributed by atoms with Crippen LogP contribution >= 0.6 is 15.9 Å². The van der Waals surface area contributed by atoms with E-state index in [-0.39, 0.29) is 25.3 Å². The van der Waals surface area contributed by atoms with Crippen molar-refractivity contribution in [2.75, 3.05) is 27.3 Å². The second kappa shape index (κ2) is 8.54. The van der Waals surface area contributed by atoms with Crippen LogP contribution in [0.25, 0.3) is 0 Å². The molecule has 0 spiro atoms. The van der Waals surface area contributed by atoms with Crippen LogP contribution in [-0.2, 0) is 14.3 Å². The number of hydrogen-bond donors (Lipinski definition) is 2. The van der Waals surface area contributed by atoms with Crippen LogP contribution in [0.15, 0.2) is 21.2 Å². The lowest BCUT2D eigenvalue weighted by molar-refractivity contribution is -0.142. The van der Waals surface area contributed by atoms with E-state index in [1.807, 2.05) is 0 Å². The van der Waals surface area contributed by atoms with Crippen molar-refractivity contribution >= 4 is 33.7 Å². The van der Waals surface area contributed by atoms with Crippen LogP contribution in [0.2, 0.25) is 0 Å². The Hall–Kier alpha value is -1.87. The minimum Gasteiger partial charge on any atom is -0.480 e. The maximum absolute atomic E-state index is 12.0. The highest BCUT2D eigenvalue weighted by Gasteiger charge is 2.22. The Morgan fingerprint density at radius 2 is 2.14 bits per heavy atom. The SMILES string of the molecule is COCCC(NC(=O)CN(C)C(=O)c1ccc(Br)o1)C(=O)O. The van der Waals surface area contributed by atoms with Crippen molar-refractivity contribution in [3.8, 4) is 0 Å². The maximum atomic E-state index is 12.0. The summed E-state index contributed by atoms with van der Waals surface area (Å²) in [6.45, 7) is -0.0830. The number of carboxylic acid groups (broad SMARTS) is 1. The van der Waals surface area contributed by atoms with E-state index >= 15 is 0 Å². The first kappa shape index (κ1) is 18.2. The number of nitrogens with one attached hydrogen (secondary N) is 1. The highest BCUT2D eigenvalue weighted by Crippen LogP contribution is 2.15. The number of carbonyl (C=O) groups excluding carboxylic acids is 2. The van der Waals surface area contributed by atoms with Gasteiger partial charge in [0.1, 0.15) is 6.04 Å². The molecule has 0 radical (unpaired) electrons. The molecule has 0 aliphatic carbocycles. The Labute approximate surface area is 135 Å². The molecule has 0 fully saturated rings. The molecule has 1 aromatic rings. The summed E-state index contributed by atoms with van der Waals surface area (Å²) in [5.41, 5.74) is 0. The van der Waals surface area contributed by atoms with Gasteiger partial charge in [0.05, 0.1) is 6.54 Å². The monoisotopic (exact) mass is 376 g/mol. The first-order valence-electron chi connectivity index (χ1n) is 6.37. The van der Waals surface area contributed by atoms with Gasteiger partial charge in [-0.15, -0.1) is 0 Å². The Kier molecular flexibility index (Phi) is 7.06. The van der Waals surface area contributed by atoms with Crippen molar-refractivity contribution in [2.24, 2.45) is 0 Å². The number of ether oxygens (including phenoxy) is 1. The number of furan rings is 1. The summed E-state index contributed by atoms with van der Waals surface area (Å²) in [6.07, 6.45) is 0.139. The summed E-state index contributed by atoms with van der Waals surface area (Å²) in [7, 11) is 2.86. The van der Waals surface area contributed by atoms with Crippen LogP contribution in [0.1, 0.15) is 17.0 Å². The molecule has 0 aromatic carbocycles. The molecule has 122 valence electrons. The van der Waals surface area contributed by atoms with E-state index in [1.54, 1.807) is 6.07 Å². The number of nitrogens with zero attached hydrogens (tertiary/aromatic N) is 1. The van der Waals surface area contributed by atoms with Gasteiger partial charge in [0.2, 0.25) is 5.91 Å². The van der Waals surface area contributed by atoms with Crippen molar-refractivity contribution in [1.82, 2.24) is 10.2 Å². The molecule has 0 aliphatic heterocycles. The molecular formula is C13H17BrN2O6. The first-order valence-corrected chi connectivity index (χ1v) is 7.16. The third-order valence-electron chi connectivity index (χ3n) is 2.76. The number of carbonyl (C=O) groups is 3. The lowest BCUT2D eigenvalue weighted by atomic mass is 10.2. The number of halogens is 1. The summed E-state index contributed by atoms with van der Waals surface area (Å²) < 4.78 is 10.3. The molecule has 1 rings (SSSR count). The van der Waals surface area contributed by atoms with E-state index in [0.29, 0.717) is 4.67 Å². The van der Waals surface area contributed by atoms with Gasteiger partial charge in [-0.1, -0.05) is 0 Å². The van der Waals surface area contributed by atoms with Crippen molar-refractivity contribution in [3.63, 3.8) is 0 Å². The Morgan fingerprint density at radius 1 is 1.45 bits per heavy atom. The van der Waals surface area contributed by atoms with Crippen LogP contribution in [0, 0.1) is 0 Å². The van der Waals surface area contributed by atoms with E-state index in [9.17, 15) is 14.4 Å². The second-order valence-corrected chi connectivity index (χ2v) is 5.29. The van der Waals surface area contributed by atoms with Gasteiger partial charge < -0.3 is 24.5 Å². The number of aliphatic carboxylic acids is 1. The van der Waals surface area contributed by atoms with E-state index in [0.717, 1.165) is 4.90 Å². The fourth-order valence-electron chi connectivity index (χ4n) is 1.64. The molecule has 0 aliphatic rings. The van der Waals surface area contributed by atoms with Crippen molar-refractivity contribution in [2.45, 2.75) is 12.5 Å². The first-order chi connectivity index (χ1) is 10.3. The normalized spacial score (nSPS) is 11.8. The summed E-state index contributed by atoms with van der Waals surface area (Å²) in [4.78, 5) is 36.0. The van der Waals surface area contributed by atoms with E-state index < -0.39 is 23.8 Å². The third-order valence-corrected chi connectivity index (χ3v) is 3.18. The minimum absolute atomic E-state index is 0.0799. The van der Waals surface area contributed by atoms with Gasteiger partial charge in [0.15, 0.2) is 10.4 Å². The topological polar surface area (TPSA) is 109 Å². The maximum Gasteiger partial charge on any atom is 0.326 e. The van der Waals surface area contributed by atoms with Gasteiger partial charge in [-0.25, -0.2) is 4.79 Å². The predicted octanol–water partition coefficient (Wildman–Crippen LogP) is 0.720. The summed E-state index contributed by atoms with van der Waals surface area (Å²) in [5.74, 6) is -2.14. The standard InChI is InChI=1S/C13H17BrN2O6/c1-16(12(18)9-3-4-10(14)22-9)7-11(17)15-8(13(19)20)5-6-21-2/h3-4,8H,5-7H2,1-2H3,(H,15,17)(H,19,20). The molecule has 9 heteroatoms. The van der Waals surface area contributed by atoms with Gasteiger partial charge in [0, 0.05) is 27.2 Å². The number of carboxylic acids is 1. The van der Waals surface area contributed by atoms with E-state index in [2.05, 4.69) is 21.2 Å². The second-order valence-electron chi connectivity index (χ2n) is 4.50.